The Balaban J connectivity index is 1.99. The number of alkyl halides is 3. The summed E-state index contributed by atoms with van der Waals surface area (Å²) in [5.74, 6) is 0.823. The molecule has 2 aromatic rings. The molecule has 2 aromatic heterocycles. The zero-order chi connectivity index (χ0) is 13.9. The smallest absolute Gasteiger partial charge is 0.337 e. The minimum Gasteiger partial charge on any atom is -0.337 e. The van der Waals surface area contributed by atoms with Crippen molar-refractivity contribution in [1.82, 2.24) is 25.4 Å². The minimum absolute atomic E-state index is 0.0653. The molecular weight excluding hydrogens is 263 g/mol. The Morgan fingerprint density at radius 2 is 2.11 bits per heavy atom. The van der Waals surface area contributed by atoms with Crippen molar-refractivity contribution in [3.63, 3.8) is 0 Å². The number of nitrogens with zero attached hydrogens (tertiary/aromatic N) is 4. The van der Waals surface area contributed by atoms with Gasteiger partial charge in [0.05, 0.1) is 13.1 Å². The first-order valence-corrected chi connectivity index (χ1v) is 5.34. The highest BCUT2D eigenvalue weighted by Crippen LogP contribution is 2.14. The molecule has 0 bridgehead atoms. The van der Waals surface area contributed by atoms with Crippen molar-refractivity contribution < 1.29 is 17.7 Å². The lowest BCUT2D eigenvalue weighted by Gasteiger charge is -2.05. The van der Waals surface area contributed by atoms with Gasteiger partial charge in [-0.25, -0.2) is 9.97 Å². The molecule has 1 N–H and O–H groups in total. The van der Waals surface area contributed by atoms with E-state index in [-0.39, 0.29) is 18.3 Å². The van der Waals surface area contributed by atoms with E-state index < -0.39 is 12.7 Å². The fourth-order valence-corrected chi connectivity index (χ4v) is 1.32. The van der Waals surface area contributed by atoms with Gasteiger partial charge in [-0.2, -0.15) is 18.2 Å². The van der Waals surface area contributed by atoms with E-state index in [9.17, 15) is 13.2 Å². The summed E-state index contributed by atoms with van der Waals surface area (Å²) in [7, 11) is 0. The first kappa shape index (κ1) is 13.4. The minimum atomic E-state index is -4.27. The molecule has 2 heterocycles. The van der Waals surface area contributed by atoms with Crippen LogP contribution in [0.3, 0.4) is 0 Å². The predicted molar refractivity (Wildman–Crippen MR) is 57.8 cm³/mol. The molecule has 0 aromatic carbocycles. The molecule has 0 aliphatic heterocycles. The molecule has 19 heavy (non-hydrogen) atoms. The van der Waals surface area contributed by atoms with Crippen molar-refractivity contribution in [2.75, 3.05) is 6.54 Å². The summed E-state index contributed by atoms with van der Waals surface area (Å²) in [6.45, 7) is 0.434. The van der Waals surface area contributed by atoms with Crippen LogP contribution in [0.2, 0.25) is 0 Å². The Bertz CT molecular complexity index is 554. The first-order valence-electron chi connectivity index (χ1n) is 5.34. The molecular formula is C10H10F3N5O. The van der Waals surface area contributed by atoms with Gasteiger partial charge in [-0.15, -0.1) is 0 Å². The van der Waals surface area contributed by atoms with Gasteiger partial charge in [0.1, 0.15) is 11.5 Å². The van der Waals surface area contributed by atoms with Crippen LogP contribution in [-0.2, 0) is 6.54 Å². The summed E-state index contributed by atoms with van der Waals surface area (Å²) >= 11 is 0. The highest BCUT2D eigenvalue weighted by molar-refractivity contribution is 5.46. The molecule has 102 valence electrons. The van der Waals surface area contributed by atoms with Crippen LogP contribution < -0.4 is 5.32 Å². The van der Waals surface area contributed by atoms with Crippen molar-refractivity contribution in [1.29, 1.82) is 0 Å². The summed E-state index contributed by atoms with van der Waals surface area (Å²) in [6, 6.07) is 1.59. The standard InChI is InChI=1S/C10H10F3N5O/c1-6-15-3-2-7(16-6)9-17-8(19-18-9)4-14-5-10(11,12)13/h2-3,14H,4-5H2,1H3. The topological polar surface area (TPSA) is 76.7 Å². The molecule has 2 rings (SSSR count). The van der Waals surface area contributed by atoms with Crippen LogP contribution in [0.15, 0.2) is 16.8 Å². The zero-order valence-electron chi connectivity index (χ0n) is 9.90. The third kappa shape index (κ3) is 3.98. The van der Waals surface area contributed by atoms with Crippen LogP contribution in [0, 0.1) is 6.92 Å². The Labute approximate surface area is 106 Å². The Morgan fingerprint density at radius 1 is 1.32 bits per heavy atom. The van der Waals surface area contributed by atoms with Crippen LogP contribution in [0.25, 0.3) is 11.5 Å². The quantitative estimate of drug-likeness (QED) is 0.909. The van der Waals surface area contributed by atoms with E-state index >= 15 is 0 Å². The third-order valence-corrected chi connectivity index (χ3v) is 2.07. The Hall–Kier alpha value is -2.03. The van der Waals surface area contributed by atoms with Crippen molar-refractivity contribution in [3.05, 3.63) is 24.0 Å². The van der Waals surface area contributed by atoms with Crippen LogP contribution in [0.1, 0.15) is 11.7 Å². The summed E-state index contributed by atoms with van der Waals surface area (Å²) in [6.07, 6.45) is -2.73. The Kier molecular flexibility index (Phi) is 3.74. The van der Waals surface area contributed by atoms with E-state index in [1.165, 1.54) is 6.20 Å². The monoisotopic (exact) mass is 273 g/mol. The van der Waals surface area contributed by atoms with Gasteiger partial charge in [0.15, 0.2) is 0 Å². The maximum Gasteiger partial charge on any atom is 0.401 e. The number of nitrogens with one attached hydrogen (secondary N) is 1. The van der Waals surface area contributed by atoms with E-state index in [0.717, 1.165) is 0 Å². The number of hydrogen-bond donors (Lipinski definition) is 1. The highest BCUT2D eigenvalue weighted by Gasteiger charge is 2.26. The molecule has 0 aliphatic rings. The average Bonchev–Trinajstić information content (AvgIpc) is 2.76. The van der Waals surface area contributed by atoms with Crippen molar-refractivity contribution in [2.45, 2.75) is 19.6 Å². The van der Waals surface area contributed by atoms with Crippen molar-refractivity contribution >= 4 is 0 Å². The summed E-state index contributed by atoms with van der Waals surface area (Å²) < 4.78 is 40.6. The van der Waals surface area contributed by atoms with E-state index in [4.69, 9.17) is 4.52 Å². The molecule has 0 unspecified atom stereocenters. The zero-order valence-corrected chi connectivity index (χ0v) is 9.90. The van der Waals surface area contributed by atoms with Gasteiger partial charge < -0.3 is 9.84 Å². The van der Waals surface area contributed by atoms with E-state index in [0.29, 0.717) is 11.5 Å². The van der Waals surface area contributed by atoms with Gasteiger partial charge in [0.25, 0.3) is 0 Å². The number of aryl methyl sites for hydroxylation is 1. The maximum absolute atomic E-state index is 11.9. The van der Waals surface area contributed by atoms with E-state index in [1.807, 2.05) is 0 Å². The molecule has 9 heteroatoms. The lowest BCUT2D eigenvalue weighted by Crippen LogP contribution is -2.28. The normalized spacial score (nSPS) is 11.8. The van der Waals surface area contributed by atoms with Gasteiger partial charge >= 0.3 is 6.18 Å². The molecule has 0 fully saturated rings. The molecule has 0 saturated heterocycles. The fourth-order valence-electron chi connectivity index (χ4n) is 1.32. The Morgan fingerprint density at radius 3 is 2.79 bits per heavy atom. The van der Waals surface area contributed by atoms with Gasteiger partial charge in [0, 0.05) is 6.20 Å². The molecule has 0 saturated carbocycles. The second kappa shape index (κ2) is 5.31. The molecule has 6 nitrogen and oxygen atoms in total. The highest BCUT2D eigenvalue weighted by atomic mass is 19.4. The molecule has 0 amide bonds. The average molecular weight is 273 g/mol. The van der Waals surface area contributed by atoms with Crippen LogP contribution in [0.5, 0.6) is 0 Å². The van der Waals surface area contributed by atoms with Crippen molar-refractivity contribution in [3.8, 4) is 11.5 Å². The second-order valence-electron chi connectivity index (χ2n) is 3.72. The summed E-state index contributed by atoms with van der Waals surface area (Å²) in [5.41, 5.74) is 0.457. The summed E-state index contributed by atoms with van der Waals surface area (Å²) in [5, 5.41) is 5.81. The second-order valence-corrected chi connectivity index (χ2v) is 3.72. The maximum atomic E-state index is 11.9. The SMILES string of the molecule is Cc1nccc(-c2noc(CNCC(F)(F)F)n2)n1. The van der Waals surface area contributed by atoms with Gasteiger partial charge in [-0.3, -0.25) is 0 Å². The lowest BCUT2D eigenvalue weighted by molar-refractivity contribution is -0.125. The van der Waals surface area contributed by atoms with E-state index in [2.05, 4.69) is 25.4 Å². The predicted octanol–water partition coefficient (Wildman–Crippen LogP) is 1.49. The molecule has 0 atom stereocenters. The molecule has 0 spiro atoms. The van der Waals surface area contributed by atoms with E-state index in [1.54, 1.807) is 13.0 Å². The van der Waals surface area contributed by atoms with Crippen LogP contribution in [-0.4, -0.2) is 32.8 Å². The van der Waals surface area contributed by atoms with Gasteiger partial charge in [-0.1, -0.05) is 5.16 Å². The summed E-state index contributed by atoms with van der Waals surface area (Å²) in [4.78, 5) is 11.9. The number of aromatic nitrogens is 4. The third-order valence-electron chi connectivity index (χ3n) is 2.07. The van der Waals surface area contributed by atoms with Crippen LogP contribution >= 0.6 is 0 Å². The van der Waals surface area contributed by atoms with Gasteiger partial charge in [0.2, 0.25) is 11.7 Å². The van der Waals surface area contributed by atoms with Gasteiger partial charge in [-0.05, 0) is 13.0 Å². The fraction of sp³-hybridized carbons (Fsp3) is 0.400. The largest absolute Gasteiger partial charge is 0.401 e. The first-order chi connectivity index (χ1) is 8.94. The molecule has 0 aliphatic carbocycles. The lowest BCUT2D eigenvalue weighted by atomic mass is 10.4. The molecule has 0 radical (unpaired) electrons. The number of rotatable bonds is 4. The van der Waals surface area contributed by atoms with Crippen LogP contribution in [0.4, 0.5) is 13.2 Å². The number of halogens is 3. The van der Waals surface area contributed by atoms with Crippen molar-refractivity contribution in [2.24, 2.45) is 0 Å². The number of hydrogen-bond acceptors (Lipinski definition) is 6.